The lowest BCUT2D eigenvalue weighted by molar-refractivity contribution is -0.129. The third kappa shape index (κ3) is 4.46. The molecule has 1 atom stereocenters. The molecule has 1 saturated carbocycles. The van der Waals surface area contributed by atoms with E-state index in [0.717, 1.165) is 75.6 Å². The number of carbonyl (C=O) groups is 1. The highest BCUT2D eigenvalue weighted by Crippen LogP contribution is 2.34. The average molecular weight is 419 g/mol. The first-order valence-corrected chi connectivity index (χ1v) is 11.4. The fourth-order valence-electron chi connectivity index (χ4n) is 5.13. The molecule has 4 rings (SSSR count). The van der Waals surface area contributed by atoms with Gasteiger partial charge in [-0.1, -0.05) is 18.0 Å². The van der Waals surface area contributed by atoms with Gasteiger partial charge in [0.25, 0.3) is 0 Å². The molecule has 29 heavy (non-hydrogen) atoms. The van der Waals surface area contributed by atoms with Crippen LogP contribution in [0.25, 0.3) is 11.0 Å². The molecule has 158 valence electrons. The Balaban J connectivity index is 1.40. The number of aryl methyl sites for hydroxylation is 1. The van der Waals surface area contributed by atoms with E-state index < -0.39 is 0 Å². The third-order valence-corrected chi connectivity index (χ3v) is 7.14. The number of rotatable bonds is 4. The summed E-state index contributed by atoms with van der Waals surface area (Å²) >= 11 is 6.17. The summed E-state index contributed by atoms with van der Waals surface area (Å²) in [6, 6.07) is 5.61. The summed E-state index contributed by atoms with van der Waals surface area (Å²) in [7, 11) is 1.81. The molecule has 6 heteroatoms. The van der Waals surface area contributed by atoms with Crippen molar-refractivity contribution in [3.05, 3.63) is 33.7 Å². The normalized spacial score (nSPS) is 26.2. The van der Waals surface area contributed by atoms with Crippen LogP contribution in [0.4, 0.5) is 0 Å². The molecule has 0 N–H and O–H groups in total. The Hall–Kier alpha value is -1.59. The maximum absolute atomic E-state index is 13.0. The number of carbonyl (C=O) groups excluding carboxylic acids is 1. The van der Waals surface area contributed by atoms with Crippen molar-refractivity contribution in [3.8, 4) is 0 Å². The van der Waals surface area contributed by atoms with E-state index in [1.54, 1.807) is 4.57 Å². The van der Waals surface area contributed by atoms with E-state index >= 15 is 0 Å². The van der Waals surface area contributed by atoms with Crippen molar-refractivity contribution in [2.45, 2.75) is 57.9 Å². The molecule has 1 aromatic heterocycles. The van der Waals surface area contributed by atoms with Crippen molar-refractivity contribution in [1.82, 2.24) is 9.13 Å². The van der Waals surface area contributed by atoms with Crippen LogP contribution in [0.3, 0.4) is 0 Å². The number of Topliss-reactive ketones (excluding diaryl/α,β-unsaturated/α-hetero) is 1. The minimum atomic E-state index is 0.00925. The van der Waals surface area contributed by atoms with Crippen LogP contribution >= 0.6 is 11.6 Å². The maximum atomic E-state index is 13.0. The predicted octanol–water partition coefficient (Wildman–Crippen LogP) is 4.58. The lowest BCUT2D eigenvalue weighted by Gasteiger charge is -2.30. The van der Waals surface area contributed by atoms with Gasteiger partial charge in [0.2, 0.25) is 0 Å². The maximum Gasteiger partial charge on any atom is 0.328 e. The molecule has 1 aliphatic heterocycles. The van der Waals surface area contributed by atoms with Crippen LogP contribution in [0.5, 0.6) is 0 Å². The van der Waals surface area contributed by atoms with Crippen molar-refractivity contribution >= 4 is 28.4 Å². The summed E-state index contributed by atoms with van der Waals surface area (Å²) in [6.45, 7) is 2.26. The van der Waals surface area contributed by atoms with E-state index in [-0.39, 0.29) is 17.5 Å². The standard InChI is InChI=1S/C23H31ClN2O3/c1-25-20-10-9-19(24)14-21(20)26(23(25)28)15-16-5-7-18(8-6-16)22(27)17-4-2-3-12-29-13-11-17/h9-10,14,16-18H,2-8,11-13,15H2,1H3. The molecule has 2 aliphatic rings. The number of halogens is 1. The highest BCUT2D eigenvalue weighted by Gasteiger charge is 2.31. The molecule has 0 radical (unpaired) electrons. The zero-order valence-electron chi connectivity index (χ0n) is 17.2. The number of aromatic nitrogens is 2. The van der Waals surface area contributed by atoms with E-state index in [9.17, 15) is 9.59 Å². The first-order valence-electron chi connectivity index (χ1n) is 11.0. The molecule has 2 heterocycles. The van der Waals surface area contributed by atoms with Crippen molar-refractivity contribution < 1.29 is 9.53 Å². The van der Waals surface area contributed by atoms with Crippen molar-refractivity contribution in [2.75, 3.05) is 13.2 Å². The van der Waals surface area contributed by atoms with Crippen LogP contribution in [-0.4, -0.2) is 28.1 Å². The molecule has 1 aromatic carbocycles. The van der Waals surface area contributed by atoms with Gasteiger partial charge in [-0.2, -0.15) is 0 Å². The van der Waals surface area contributed by atoms with Gasteiger partial charge in [-0.25, -0.2) is 4.79 Å². The average Bonchev–Trinajstić information content (AvgIpc) is 2.92. The Morgan fingerprint density at radius 3 is 2.59 bits per heavy atom. The first-order chi connectivity index (χ1) is 14.0. The van der Waals surface area contributed by atoms with Gasteiger partial charge < -0.3 is 4.74 Å². The van der Waals surface area contributed by atoms with E-state index in [1.165, 1.54) is 0 Å². The second-order valence-electron chi connectivity index (χ2n) is 8.80. The Morgan fingerprint density at radius 1 is 1.03 bits per heavy atom. The largest absolute Gasteiger partial charge is 0.381 e. The number of imidazole rings is 1. The minimum Gasteiger partial charge on any atom is -0.381 e. The number of hydrogen-bond acceptors (Lipinski definition) is 3. The minimum absolute atomic E-state index is 0.00925. The van der Waals surface area contributed by atoms with Crippen molar-refractivity contribution in [3.63, 3.8) is 0 Å². The molecule has 2 aromatic rings. The van der Waals surface area contributed by atoms with Gasteiger partial charge in [0.15, 0.2) is 0 Å². The second kappa shape index (κ2) is 9.05. The molecule has 5 nitrogen and oxygen atoms in total. The second-order valence-corrected chi connectivity index (χ2v) is 9.24. The molecule has 2 fully saturated rings. The first kappa shape index (κ1) is 20.7. The quantitative estimate of drug-likeness (QED) is 0.730. The summed E-state index contributed by atoms with van der Waals surface area (Å²) in [5.74, 6) is 1.26. The lowest BCUT2D eigenvalue weighted by atomic mass is 9.75. The molecule has 0 spiro atoms. The van der Waals surface area contributed by atoms with Crippen LogP contribution in [0.1, 0.15) is 51.4 Å². The third-order valence-electron chi connectivity index (χ3n) is 6.90. The number of hydrogen-bond donors (Lipinski definition) is 0. The van der Waals surface area contributed by atoms with E-state index in [0.29, 0.717) is 23.3 Å². The molecular formula is C23H31ClN2O3. The van der Waals surface area contributed by atoms with Gasteiger partial charge in [0, 0.05) is 43.7 Å². The Morgan fingerprint density at radius 2 is 1.79 bits per heavy atom. The number of ketones is 1. The Labute approximate surface area is 177 Å². The van der Waals surface area contributed by atoms with Gasteiger partial charge in [-0.15, -0.1) is 0 Å². The molecule has 1 saturated heterocycles. The van der Waals surface area contributed by atoms with Crippen LogP contribution in [-0.2, 0) is 23.1 Å². The van der Waals surface area contributed by atoms with Crippen molar-refractivity contribution in [2.24, 2.45) is 24.8 Å². The van der Waals surface area contributed by atoms with E-state index in [1.807, 2.05) is 29.8 Å². The van der Waals surface area contributed by atoms with E-state index in [2.05, 4.69) is 0 Å². The summed E-state index contributed by atoms with van der Waals surface area (Å²) in [5, 5.41) is 0.648. The number of fused-ring (bicyclic) bond motifs is 1. The van der Waals surface area contributed by atoms with Crippen molar-refractivity contribution in [1.29, 1.82) is 0 Å². The summed E-state index contributed by atoms with van der Waals surface area (Å²) in [5.41, 5.74) is 1.82. The molecule has 1 aliphatic carbocycles. The summed E-state index contributed by atoms with van der Waals surface area (Å²) in [6.07, 6.45) is 7.96. The van der Waals surface area contributed by atoms with Crippen LogP contribution in [0, 0.1) is 17.8 Å². The predicted molar refractivity (Wildman–Crippen MR) is 115 cm³/mol. The molecular weight excluding hydrogens is 388 g/mol. The molecule has 0 bridgehead atoms. The SMILES string of the molecule is Cn1c(=O)n(CC2CCC(C(=O)C3CCCCOCC3)CC2)c2cc(Cl)ccc21. The lowest BCUT2D eigenvalue weighted by Crippen LogP contribution is -2.31. The van der Waals surface area contributed by atoms with Gasteiger partial charge in [0.1, 0.15) is 5.78 Å². The highest BCUT2D eigenvalue weighted by atomic mass is 35.5. The van der Waals surface area contributed by atoms with Crippen LogP contribution in [0.2, 0.25) is 5.02 Å². The fraction of sp³-hybridized carbons (Fsp3) is 0.652. The zero-order chi connectivity index (χ0) is 20.4. The Bertz CT molecular complexity index is 916. The van der Waals surface area contributed by atoms with E-state index in [4.69, 9.17) is 16.3 Å². The monoisotopic (exact) mass is 418 g/mol. The smallest absolute Gasteiger partial charge is 0.328 e. The van der Waals surface area contributed by atoms with Crippen LogP contribution < -0.4 is 5.69 Å². The summed E-state index contributed by atoms with van der Waals surface area (Å²) in [4.78, 5) is 25.8. The molecule has 0 amide bonds. The Kier molecular flexibility index (Phi) is 6.45. The van der Waals surface area contributed by atoms with Gasteiger partial charge in [0.05, 0.1) is 11.0 Å². The number of ether oxygens (including phenoxy) is 1. The van der Waals surface area contributed by atoms with Crippen LogP contribution in [0.15, 0.2) is 23.0 Å². The fourth-order valence-corrected chi connectivity index (χ4v) is 5.30. The number of nitrogens with zero attached hydrogens (tertiary/aromatic N) is 2. The number of benzene rings is 1. The topological polar surface area (TPSA) is 53.2 Å². The van der Waals surface area contributed by atoms with Gasteiger partial charge in [-0.3, -0.25) is 13.9 Å². The summed E-state index contributed by atoms with van der Waals surface area (Å²) < 4.78 is 9.14. The van der Waals surface area contributed by atoms with Gasteiger partial charge >= 0.3 is 5.69 Å². The highest BCUT2D eigenvalue weighted by molar-refractivity contribution is 6.31. The zero-order valence-corrected chi connectivity index (χ0v) is 18.0. The van der Waals surface area contributed by atoms with Gasteiger partial charge in [-0.05, 0) is 69.1 Å². The molecule has 1 unspecified atom stereocenters.